The van der Waals surface area contributed by atoms with Gasteiger partial charge in [0.15, 0.2) is 0 Å². The maximum absolute atomic E-state index is 12.5. The molecule has 0 aliphatic carbocycles. The van der Waals surface area contributed by atoms with Gasteiger partial charge in [0, 0.05) is 6.54 Å². The van der Waals surface area contributed by atoms with Gasteiger partial charge in [-0.25, -0.2) is 0 Å². The quantitative estimate of drug-likeness (QED) is 0.826. The normalized spacial score (nSPS) is 17.3. The minimum Gasteiger partial charge on any atom is -0.370 e. The summed E-state index contributed by atoms with van der Waals surface area (Å²) in [4.78, 5) is 14.4. The summed E-state index contributed by atoms with van der Waals surface area (Å²) in [6, 6.07) is 8.04. The summed E-state index contributed by atoms with van der Waals surface area (Å²) >= 11 is 0. The molecule has 3 nitrogen and oxygen atoms in total. The van der Waals surface area contributed by atoms with Crippen molar-refractivity contribution in [3.05, 3.63) is 24.3 Å². The third-order valence-electron chi connectivity index (χ3n) is 3.41. The van der Waals surface area contributed by atoms with Gasteiger partial charge in [0.25, 0.3) is 5.91 Å². The Bertz CT molecular complexity index is 440. The lowest BCUT2D eigenvalue weighted by molar-refractivity contribution is -0.122. The van der Waals surface area contributed by atoms with Crippen molar-refractivity contribution in [3.8, 4) is 0 Å². The predicted octanol–water partition coefficient (Wildman–Crippen LogP) is 3.41. The van der Waals surface area contributed by atoms with Crippen LogP contribution in [0.15, 0.2) is 24.3 Å². The molecule has 1 aliphatic rings. The van der Waals surface area contributed by atoms with Crippen molar-refractivity contribution in [1.82, 2.24) is 0 Å². The van der Waals surface area contributed by atoms with Crippen LogP contribution in [0.1, 0.15) is 40.0 Å². The monoisotopic (exact) mass is 246 g/mol. The number of fused-ring (bicyclic) bond motifs is 1. The van der Waals surface area contributed by atoms with Crippen molar-refractivity contribution in [3.63, 3.8) is 0 Å². The van der Waals surface area contributed by atoms with E-state index >= 15 is 0 Å². The number of carbonyl (C=O) groups excluding carboxylic acids is 1. The second kappa shape index (κ2) is 5.01. The van der Waals surface area contributed by atoms with Crippen LogP contribution in [-0.4, -0.2) is 18.0 Å². The highest BCUT2D eigenvalue weighted by atomic mass is 16.2. The van der Waals surface area contributed by atoms with E-state index in [0.29, 0.717) is 0 Å². The first-order valence-corrected chi connectivity index (χ1v) is 6.75. The molecule has 1 aromatic carbocycles. The molecule has 1 N–H and O–H groups in total. The molecule has 2 rings (SSSR count). The number of anilines is 2. The number of amides is 1. The number of hydrogen-bond acceptors (Lipinski definition) is 2. The molecule has 98 valence electrons. The fourth-order valence-electron chi connectivity index (χ4n) is 2.39. The van der Waals surface area contributed by atoms with Crippen LogP contribution in [0.3, 0.4) is 0 Å². The van der Waals surface area contributed by atoms with E-state index in [1.807, 2.05) is 43.0 Å². The Morgan fingerprint density at radius 2 is 1.94 bits per heavy atom. The Hall–Kier alpha value is -1.51. The first-order valence-electron chi connectivity index (χ1n) is 6.75. The molecule has 18 heavy (non-hydrogen) atoms. The molecule has 0 spiro atoms. The zero-order valence-corrected chi connectivity index (χ0v) is 11.5. The van der Waals surface area contributed by atoms with Gasteiger partial charge in [0.05, 0.1) is 11.4 Å². The molecule has 1 heterocycles. The van der Waals surface area contributed by atoms with Crippen molar-refractivity contribution in [1.29, 1.82) is 0 Å². The molecular formula is C15H22N2O. The van der Waals surface area contributed by atoms with E-state index in [-0.39, 0.29) is 5.91 Å². The van der Waals surface area contributed by atoms with Gasteiger partial charge in [0.2, 0.25) is 0 Å². The Morgan fingerprint density at radius 3 is 2.67 bits per heavy atom. The molecule has 1 amide bonds. The second-order valence-electron chi connectivity index (χ2n) is 5.43. The smallest absolute Gasteiger partial charge is 0.252 e. The van der Waals surface area contributed by atoms with E-state index in [4.69, 9.17) is 0 Å². The number of hydrogen-bond donors (Lipinski definition) is 1. The Labute approximate surface area is 109 Å². The lowest BCUT2D eigenvalue weighted by Crippen LogP contribution is -2.54. The zero-order valence-electron chi connectivity index (χ0n) is 11.5. The van der Waals surface area contributed by atoms with Gasteiger partial charge in [-0.3, -0.25) is 4.79 Å². The highest BCUT2D eigenvalue weighted by molar-refractivity contribution is 6.07. The summed E-state index contributed by atoms with van der Waals surface area (Å²) in [7, 11) is 0. The molecule has 1 aromatic rings. The maximum atomic E-state index is 12.5. The molecular weight excluding hydrogens is 224 g/mol. The van der Waals surface area contributed by atoms with Gasteiger partial charge >= 0.3 is 0 Å². The van der Waals surface area contributed by atoms with Gasteiger partial charge in [-0.2, -0.15) is 0 Å². The summed E-state index contributed by atoms with van der Waals surface area (Å²) in [5.74, 6) is 0.164. The van der Waals surface area contributed by atoms with Crippen LogP contribution in [0.4, 0.5) is 11.4 Å². The van der Waals surface area contributed by atoms with Gasteiger partial charge in [-0.05, 0) is 32.4 Å². The van der Waals surface area contributed by atoms with Crippen LogP contribution >= 0.6 is 0 Å². The molecule has 0 bridgehead atoms. The van der Waals surface area contributed by atoms with Gasteiger partial charge in [-0.15, -0.1) is 0 Å². The maximum Gasteiger partial charge on any atom is 0.252 e. The fraction of sp³-hybridized carbons (Fsp3) is 0.533. The number of para-hydroxylation sites is 2. The first kappa shape index (κ1) is 12.9. The largest absolute Gasteiger partial charge is 0.370 e. The lowest BCUT2D eigenvalue weighted by Gasteiger charge is -2.40. The Morgan fingerprint density at radius 1 is 1.22 bits per heavy atom. The van der Waals surface area contributed by atoms with Crippen LogP contribution in [0, 0.1) is 0 Å². The van der Waals surface area contributed by atoms with Crippen LogP contribution in [0.5, 0.6) is 0 Å². The van der Waals surface area contributed by atoms with Gasteiger partial charge in [0.1, 0.15) is 5.54 Å². The van der Waals surface area contributed by atoms with Gasteiger partial charge < -0.3 is 10.2 Å². The topological polar surface area (TPSA) is 32.3 Å². The molecule has 0 fully saturated rings. The molecule has 0 radical (unpaired) electrons. The summed E-state index contributed by atoms with van der Waals surface area (Å²) in [5, 5.41) is 3.32. The van der Waals surface area contributed by atoms with Crippen LogP contribution < -0.4 is 10.2 Å². The molecule has 0 saturated carbocycles. The molecule has 0 aromatic heterocycles. The van der Waals surface area contributed by atoms with E-state index in [9.17, 15) is 4.79 Å². The first-order chi connectivity index (χ1) is 8.56. The van der Waals surface area contributed by atoms with E-state index in [0.717, 1.165) is 24.3 Å². The van der Waals surface area contributed by atoms with Crippen molar-refractivity contribution in [2.45, 2.75) is 45.6 Å². The molecule has 3 heteroatoms. The van der Waals surface area contributed by atoms with Crippen molar-refractivity contribution in [2.75, 3.05) is 16.8 Å². The van der Waals surface area contributed by atoms with E-state index in [2.05, 4.69) is 12.2 Å². The third-order valence-corrected chi connectivity index (χ3v) is 3.41. The van der Waals surface area contributed by atoms with Crippen molar-refractivity contribution < 1.29 is 4.79 Å². The van der Waals surface area contributed by atoms with Crippen LogP contribution in [-0.2, 0) is 4.79 Å². The molecule has 0 unspecified atom stereocenters. The van der Waals surface area contributed by atoms with Gasteiger partial charge in [-0.1, -0.05) is 31.9 Å². The number of unbranched alkanes of at least 4 members (excludes halogenated alkanes) is 2. The minimum absolute atomic E-state index is 0.164. The standard InChI is InChI=1S/C15H22N2O/c1-4-5-8-11-17-13-10-7-6-9-12(13)16-15(2,3)14(17)18/h6-7,9-10,16H,4-5,8,11H2,1-3H3. The van der Waals surface area contributed by atoms with E-state index < -0.39 is 5.54 Å². The second-order valence-corrected chi connectivity index (χ2v) is 5.43. The van der Waals surface area contributed by atoms with Crippen molar-refractivity contribution in [2.24, 2.45) is 0 Å². The van der Waals surface area contributed by atoms with E-state index in [1.165, 1.54) is 12.8 Å². The number of benzene rings is 1. The minimum atomic E-state index is -0.513. The lowest BCUT2D eigenvalue weighted by atomic mass is 9.97. The Balaban J connectivity index is 2.27. The average molecular weight is 246 g/mol. The molecule has 1 aliphatic heterocycles. The fourth-order valence-corrected chi connectivity index (χ4v) is 2.39. The summed E-state index contributed by atoms with van der Waals surface area (Å²) < 4.78 is 0. The number of rotatable bonds is 4. The predicted molar refractivity (Wildman–Crippen MR) is 76.0 cm³/mol. The average Bonchev–Trinajstić information content (AvgIpc) is 2.34. The highest BCUT2D eigenvalue weighted by Gasteiger charge is 2.37. The number of carbonyl (C=O) groups is 1. The van der Waals surface area contributed by atoms with Crippen LogP contribution in [0.2, 0.25) is 0 Å². The van der Waals surface area contributed by atoms with Crippen LogP contribution in [0.25, 0.3) is 0 Å². The molecule has 0 atom stereocenters. The van der Waals surface area contributed by atoms with Crippen molar-refractivity contribution >= 4 is 17.3 Å². The van der Waals surface area contributed by atoms with E-state index in [1.54, 1.807) is 0 Å². The zero-order chi connectivity index (χ0) is 13.2. The summed E-state index contributed by atoms with van der Waals surface area (Å²) in [6.45, 7) is 6.88. The Kier molecular flexibility index (Phi) is 3.60. The SMILES string of the molecule is CCCCCN1C(=O)C(C)(C)Nc2ccccc21. The summed E-state index contributed by atoms with van der Waals surface area (Å²) in [5.41, 5.74) is 1.55. The highest BCUT2D eigenvalue weighted by Crippen LogP contribution is 2.35. The number of nitrogens with zero attached hydrogens (tertiary/aromatic N) is 1. The number of nitrogens with one attached hydrogen (secondary N) is 1. The summed E-state index contributed by atoms with van der Waals surface area (Å²) in [6.07, 6.45) is 3.40. The third kappa shape index (κ3) is 2.35. The molecule has 0 saturated heterocycles.